The van der Waals surface area contributed by atoms with Crippen LogP contribution in [0.2, 0.25) is 0 Å². The van der Waals surface area contributed by atoms with E-state index in [1.807, 2.05) is 18.2 Å². The number of aliphatic imine (C=N–C) groups is 1. The quantitative estimate of drug-likeness (QED) is 0.393. The van der Waals surface area contributed by atoms with Gasteiger partial charge in [-0.05, 0) is 29.7 Å². The van der Waals surface area contributed by atoms with Gasteiger partial charge in [-0.3, -0.25) is 0 Å². The van der Waals surface area contributed by atoms with Gasteiger partial charge in [-0.15, -0.1) is 24.0 Å². The van der Waals surface area contributed by atoms with E-state index in [4.69, 9.17) is 14.5 Å². The lowest BCUT2D eigenvalue weighted by molar-refractivity contribution is 0.134. The Labute approximate surface area is 183 Å². The summed E-state index contributed by atoms with van der Waals surface area (Å²) in [6.45, 7) is 6.80. The van der Waals surface area contributed by atoms with E-state index in [0.717, 1.165) is 38.6 Å². The molecule has 1 fully saturated rings. The maximum atomic E-state index is 6.00. The number of ether oxygens (including phenoxy) is 2. The monoisotopic (exact) mass is 494 g/mol. The van der Waals surface area contributed by atoms with Crippen LogP contribution in [0, 0.1) is 0 Å². The van der Waals surface area contributed by atoms with Crippen molar-refractivity contribution in [1.29, 1.82) is 0 Å². The molecule has 4 rings (SSSR count). The number of nitrogens with zero attached hydrogens (tertiary/aromatic N) is 3. The zero-order valence-corrected chi connectivity index (χ0v) is 18.5. The fourth-order valence-corrected chi connectivity index (χ4v) is 3.52. The van der Waals surface area contributed by atoms with Crippen LogP contribution in [0.1, 0.15) is 30.0 Å². The molecule has 0 saturated carbocycles. The Kier molecular flexibility index (Phi) is 7.50. The molecular formula is C21H27IN4O2. The number of halogens is 1. The van der Waals surface area contributed by atoms with Crippen LogP contribution in [0.4, 0.5) is 0 Å². The highest BCUT2D eigenvalue weighted by Gasteiger charge is 2.26. The predicted molar refractivity (Wildman–Crippen MR) is 120 cm³/mol. The van der Waals surface area contributed by atoms with E-state index in [-0.39, 0.29) is 30.1 Å². The third kappa shape index (κ3) is 5.14. The second kappa shape index (κ2) is 10.1. The number of guanidine groups is 1. The first-order valence-electron chi connectivity index (χ1n) is 9.61. The van der Waals surface area contributed by atoms with Crippen molar-refractivity contribution in [2.45, 2.75) is 39.2 Å². The van der Waals surface area contributed by atoms with E-state index in [9.17, 15) is 0 Å². The van der Waals surface area contributed by atoms with Gasteiger partial charge in [0.05, 0.1) is 26.3 Å². The van der Waals surface area contributed by atoms with E-state index in [1.54, 1.807) is 6.20 Å². The largest absolute Gasteiger partial charge is 0.472 e. The third-order valence-electron chi connectivity index (χ3n) is 4.90. The molecule has 7 heteroatoms. The highest BCUT2D eigenvalue weighted by molar-refractivity contribution is 14.0. The molecule has 2 aliphatic heterocycles. The Bertz CT molecular complexity index is 800. The van der Waals surface area contributed by atoms with Gasteiger partial charge < -0.3 is 19.7 Å². The van der Waals surface area contributed by atoms with Gasteiger partial charge in [0.1, 0.15) is 6.10 Å². The molecule has 1 unspecified atom stereocenters. The Balaban J connectivity index is 0.00000225. The molecule has 2 aromatic rings. The number of fused-ring (bicyclic) bond motifs is 1. The molecule has 1 aromatic carbocycles. The Morgan fingerprint density at radius 3 is 3.00 bits per heavy atom. The summed E-state index contributed by atoms with van der Waals surface area (Å²) >= 11 is 0. The standard InChI is InChI=1S/C21H26N4O2.HI/c1-2-22-21(24-12-16-6-7-17-14-26-15-18(17)11-16)25-10-8-19(13-25)27-20-5-3-4-9-23-20;/h3-7,9,11,19H,2,8,10,12-15H2,1H3,(H,22,24);1H. The molecule has 1 saturated heterocycles. The molecule has 0 aliphatic carbocycles. The van der Waals surface area contributed by atoms with Crippen molar-refractivity contribution in [2.24, 2.45) is 4.99 Å². The van der Waals surface area contributed by atoms with Gasteiger partial charge in [-0.25, -0.2) is 9.98 Å². The third-order valence-corrected chi connectivity index (χ3v) is 4.90. The minimum Gasteiger partial charge on any atom is -0.472 e. The molecule has 1 atom stereocenters. The maximum Gasteiger partial charge on any atom is 0.213 e. The maximum absolute atomic E-state index is 6.00. The molecule has 0 spiro atoms. The average molecular weight is 494 g/mol. The molecule has 0 bridgehead atoms. The first-order valence-corrected chi connectivity index (χ1v) is 9.61. The van der Waals surface area contributed by atoms with Crippen molar-refractivity contribution in [2.75, 3.05) is 19.6 Å². The molecule has 2 aliphatic rings. The average Bonchev–Trinajstić information content (AvgIpc) is 3.35. The Morgan fingerprint density at radius 2 is 2.18 bits per heavy atom. The van der Waals surface area contributed by atoms with Gasteiger partial charge in [0.15, 0.2) is 5.96 Å². The molecule has 150 valence electrons. The fourth-order valence-electron chi connectivity index (χ4n) is 3.52. The van der Waals surface area contributed by atoms with Crippen LogP contribution >= 0.6 is 24.0 Å². The zero-order chi connectivity index (χ0) is 18.5. The minimum atomic E-state index is 0. The summed E-state index contributed by atoms with van der Waals surface area (Å²) < 4.78 is 11.5. The van der Waals surface area contributed by atoms with Crippen LogP contribution in [0.3, 0.4) is 0 Å². The fraction of sp³-hybridized carbons (Fsp3) is 0.429. The number of hydrogen-bond donors (Lipinski definition) is 1. The number of aromatic nitrogens is 1. The van der Waals surface area contributed by atoms with Gasteiger partial charge in [0, 0.05) is 31.8 Å². The first kappa shape index (κ1) is 20.9. The van der Waals surface area contributed by atoms with Gasteiger partial charge >= 0.3 is 0 Å². The molecule has 1 aromatic heterocycles. The van der Waals surface area contributed by atoms with E-state index >= 15 is 0 Å². The highest BCUT2D eigenvalue weighted by atomic mass is 127. The SMILES string of the molecule is CCNC(=NCc1ccc2c(c1)COC2)N1CCC(Oc2ccccn2)C1.I. The van der Waals surface area contributed by atoms with Crippen molar-refractivity contribution in [3.05, 3.63) is 59.3 Å². The molecular weight excluding hydrogens is 467 g/mol. The van der Waals surface area contributed by atoms with Crippen molar-refractivity contribution >= 4 is 29.9 Å². The van der Waals surface area contributed by atoms with E-state index in [0.29, 0.717) is 19.0 Å². The van der Waals surface area contributed by atoms with Crippen molar-refractivity contribution in [1.82, 2.24) is 15.2 Å². The molecule has 0 amide bonds. The Hall–Kier alpha value is -1.87. The zero-order valence-electron chi connectivity index (χ0n) is 16.1. The topological polar surface area (TPSA) is 59.0 Å². The van der Waals surface area contributed by atoms with E-state index in [1.165, 1.54) is 16.7 Å². The lowest BCUT2D eigenvalue weighted by Crippen LogP contribution is -2.41. The number of likely N-dealkylation sites (tertiary alicyclic amines) is 1. The minimum absolute atomic E-state index is 0. The lowest BCUT2D eigenvalue weighted by Gasteiger charge is -2.21. The van der Waals surface area contributed by atoms with Crippen LogP contribution in [0.25, 0.3) is 0 Å². The van der Waals surface area contributed by atoms with E-state index in [2.05, 4.69) is 40.3 Å². The van der Waals surface area contributed by atoms with Gasteiger partial charge in [0.25, 0.3) is 0 Å². The number of pyridine rings is 1. The van der Waals surface area contributed by atoms with Crippen LogP contribution < -0.4 is 10.1 Å². The van der Waals surface area contributed by atoms with Crippen LogP contribution in [0.5, 0.6) is 5.88 Å². The van der Waals surface area contributed by atoms with Gasteiger partial charge in [-0.1, -0.05) is 24.3 Å². The van der Waals surface area contributed by atoms with Crippen LogP contribution in [0.15, 0.2) is 47.6 Å². The summed E-state index contributed by atoms with van der Waals surface area (Å²) in [6.07, 6.45) is 2.87. The second-order valence-corrected chi connectivity index (χ2v) is 6.91. The summed E-state index contributed by atoms with van der Waals surface area (Å²) in [4.78, 5) is 11.4. The second-order valence-electron chi connectivity index (χ2n) is 6.91. The lowest BCUT2D eigenvalue weighted by atomic mass is 10.1. The summed E-state index contributed by atoms with van der Waals surface area (Å²) in [5.41, 5.74) is 3.80. The molecule has 3 heterocycles. The van der Waals surface area contributed by atoms with Crippen molar-refractivity contribution in [3.8, 4) is 5.88 Å². The van der Waals surface area contributed by atoms with Crippen molar-refractivity contribution in [3.63, 3.8) is 0 Å². The molecule has 0 radical (unpaired) electrons. The van der Waals surface area contributed by atoms with Gasteiger partial charge in [-0.2, -0.15) is 0 Å². The molecule has 28 heavy (non-hydrogen) atoms. The Morgan fingerprint density at radius 1 is 1.29 bits per heavy atom. The van der Waals surface area contributed by atoms with Crippen LogP contribution in [-0.4, -0.2) is 41.6 Å². The highest BCUT2D eigenvalue weighted by Crippen LogP contribution is 2.21. The normalized spacial score (nSPS) is 18.5. The number of hydrogen-bond acceptors (Lipinski definition) is 4. The summed E-state index contributed by atoms with van der Waals surface area (Å²) in [7, 11) is 0. The summed E-state index contributed by atoms with van der Waals surface area (Å²) in [6, 6.07) is 12.3. The number of nitrogens with one attached hydrogen (secondary N) is 1. The summed E-state index contributed by atoms with van der Waals surface area (Å²) in [5.74, 6) is 1.63. The molecule has 6 nitrogen and oxygen atoms in total. The van der Waals surface area contributed by atoms with Crippen LogP contribution in [-0.2, 0) is 24.5 Å². The first-order chi connectivity index (χ1) is 13.3. The van der Waals surface area contributed by atoms with E-state index < -0.39 is 0 Å². The number of benzene rings is 1. The van der Waals surface area contributed by atoms with Crippen molar-refractivity contribution < 1.29 is 9.47 Å². The number of rotatable bonds is 5. The smallest absolute Gasteiger partial charge is 0.213 e. The molecule has 1 N–H and O–H groups in total. The summed E-state index contributed by atoms with van der Waals surface area (Å²) in [5, 5.41) is 3.41. The predicted octanol–water partition coefficient (Wildman–Crippen LogP) is 3.35. The van der Waals surface area contributed by atoms with Gasteiger partial charge in [0.2, 0.25) is 5.88 Å².